The van der Waals surface area contributed by atoms with E-state index in [1.165, 1.54) is 25.5 Å². The van der Waals surface area contributed by atoms with E-state index in [9.17, 15) is 4.79 Å². The second-order valence-corrected chi connectivity index (χ2v) is 7.39. The minimum Gasteiger partial charge on any atom is -0.376 e. The summed E-state index contributed by atoms with van der Waals surface area (Å²) in [5.74, 6) is 0.913. The van der Waals surface area contributed by atoms with Crippen LogP contribution in [0.3, 0.4) is 0 Å². The molecule has 0 spiro atoms. The maximum Gasteiger partial charge on any atom is 0.271 e. The summed E-state index contributed by atoms with van der Waals surface area (Å²) >= 11 is 6.12. The number of amides is 1. The molecule has 0 unspecified atom stereocenters. The van der Waals surface area contributed by atoms with Gasteiger partial charge in [-0.2, -0.15) is 0 Å². The van der Waals surface area contributed by atoms with Gasteiger partial charge in [0.15, 0.2) is 5.69 Å². The van der Waals surface area contributed by atoms with Crippen LogP contribution in [0.4, 0.5) is 5.95 Å². The number of nitrogens with one attached hydrogen (secondary N) is 1. The van der Waals surface area contributed by atoms with Gasteiger partial charge in [0.2, 0.25) is 5.95 Å². The van der Waals surface area contributed by atoms with Gasteiger partial charge < -0.3 is 15.0 Å². The Hall–Kier alpha value is -1.40. The standard InChI is InChI=1S/C18H27ClN4O2/c1-13-6-2-3-7-15(13)25-11-8-20-17(24)16-14(19)12-21-18(22-16)23-9-4-5-10-23/h12-13,15H,2-11H2,1H3,(H,20,24)/t13-,15+/m1/s1. The van der Waals surface area contributed by atoms with Crippen molar-refractivity contribution in [2.45, 2.75) is 51.6 Å². The van der Waals surface area contributed by atoms with Gasteiger partial charge in [0, 0.05) is 19.6 Å². The topological polar surface area (TPSA) is 67.3 Å². The number of anilines is 1. The van der Waals surface area contributed by atoms with Gasteiger partial charge in [0.05, 0.1) is 23.9 Å². The quantitative estimate of drug-likeness (QED) is 0.784. The number of nitrogens with zero attached hydrogens (tertiary/aromatic N) is 3. The van der Waals surface area contributed by atoms with Gasteiger partial charge in [-0.1, -0.05) is 31.4 Å². The van der Waals surface area contributed by atoms with Crippen LogP contribution in [0.1, 0.15) is 55.9 Å². The first-order chi connectivity index (χ1) is 12.1. The molecule has 25 heavy (non-hydrogen) atoms. The molecule has 3 rings (SSSR count). The van der Waals surface area contributed by atoms with Crippen molar-refractivity contribution in [1.29, 1.82) is 0 Å². The highest BCUT2D eigenvalue weighted by Crippen LogP contribution is 2.26. The number of carbonyl (C=O) groups is 1. The van der Waals surface area contributed by atoms with Gasteiger partial charge in [0.25, 0.3) is 5.91 Å². The molecule has 0 bridgehead atoms. The predicted molar refractivity (Wildman–Crippen MR) is 98.2 cm³/mol. The van der Waals surface area contributed by atoms with E-state index in [4.69, 9.17) is 16.3 Å². The van der Waals surface area contributed by atoms with Crippen LogP contribution in [0, 0.1) is 5.92 Å². The van der Waals surface area contributed by atoms with Crippen molar-refractivity contribution in [2.75, 3.05) is 31.1 Å². The predicted octanol–water partition coefficient (Wildman–Crippen LogP) is 3.06. The average Bonchev–Trinajstić information content (AvgIpc) is 3.15. The van der Waals surface area contributed by atoms with E-state index < -0.39 is 0 Å². The zero-order valence-electron chi connectivity index (χ0n) is 14.8. The van der Waals surface area contributed by atoms with Gasteiger partial charge in [-0.05, 0) is 31.6 Å². The maximum atomic E-state index is 12.4. The third-order valence-corrected chi connectivity index (χ3v) is 5.36. The highest BCUT2D eigenvalue weighted by atomic mass is 35.5. The molecule has 1 saturated carbocycles. The molecule has 6 nitrogen and oxygen atoms in total. The number of aromatic nitrogens is 2. The molecule has 0 radical (unpaired) electrons. The lowest BCUT2D eigenvalue weighted by Crippen LogP contribution is -2.32. The van der Waals surface area contributed by atoms with Gasteiger partial charge in [-0.15, -0.1) is 0 Å². The van der Waals surface area contributed by atoms with Crippen molar-refractivity contribution < 1.29 is 9.53 Å². The number of rotatable bonds is 6. The maximum absolute atomic E-state index is 12.4. The molecular formula is C18H27ClN4O2. The van der Waals surface area contributed by atoms with Crippen molar-refractivity contribution >= 4 is 23.5 Å². The van der Waals surface area contributed by atoms with E-state index in [1.54, 1.807) is 0 Å². The minimum absolute atomic E-state index is 0.240. The number of halogens is 1. The zero-order valence-corrected chi connectivity index (χ0v) is 15.6. The third-order valence-electron chi connectivity index (χ3n) is 5.09. The van der Waals surface area contributed by atoms with E-state index in [0.29, 0.717) is 31.1 Å². The van der Waals surface area contributed by atoms with Crippen LogP contribution < -0.4 is 10.2 Å². The summed E-state index contributed by atoms with van der Waals surface area (Å²) in [7, 11) is 0. The van der Waals surface area contributed by atoms with Gasteiger partial charge in [0.1, 0.15) is 0 Å². The van der Waals surface area contributed by atoms with E-state index >= 15 is 0 Å². The zero-order chi connectivity index (χ0) is 17.6. The summed E-state index contributed by atoms with van der Waals surface area (Å²) in [5, 5.41) is 3.13. The molecule has 2 atom stereocenters. The number of ether oxygens (including phenoxy) is 1. The molecule has 7 heteroatoms. The summed E-state index contributed by atoms with van der Waals surface area (Å²) < 4.78 is 5.93. The second kappa shape index (κ2) is 8.81. The monoisotopic (exact) mass is 366 g/mol. The Morgan fingerprint density at radius 1 is 1.32 bits per heavy atom. The first-order valence-corrected chi connectivity index (χ1v) is 9.70. The Morgan fingerprint density at radius 2 is 2.08 bits per heavy atom. The summed E-state index contributed by atoms with van der Waals surface area (Å²) in [6.45, 7) is 5.07. The molecule has 2 aliphatic rings. The fourth-order valence-electron chi connectivity index (χ4n) is 3.57. The summed E-state index contributed by atoms with van der Waals surface area (Å²) in [6.07, 6.45) is 8.96. The molecule has 1 aliphatic heterocycles. The Balaban J connectivity index is 1.49. The second-order valence-electron chi connectivity index (χ2n) is 6.99. The largest absolute Gasteiger partial charge is 0.376 e. The van der Waals surface area contributed by atoms with Crippen LogP contribution in [-0.2, 0) is 4.74 Å². The van der Waals surface area contributed by atoms with Gasteiger partial charge in [-0.3, -0.25) is 4.79 Å². The lowest BCUT2D eigenvalue weighted by molar-refractivity contribution is -0.00295. The smallest absolute Gasteiger partial charge is 0.271 e. The highest BCUT2D eigenvalue weighted by Gasteiger charge is 2.22. The van der Waals surface area contributed by atoms with Crippen LogP contribution in [-0.4, -0.2) is 48.2 Å². The van der Waals surface area contributed by atoms with Crippen molar-refractivity contribution in [3.8, 4) is 0 Å². The summed E-state index contributed by atoms with van der Waals surface area (Å²) in [5.41, 5.74) is 0.240. The molecule has 1 N–H and O–H groups in total. The van der Waals surface area contributed by atoms with E-state index in [2.05, 4.69) is 27.1 Å². The Kier molecular flexibility index (Phi) is 6.48. The SMILES string of the molecule is C[C@@H]1CCCC[C@@H]1OCCNC(=O)c1nc(N2CCCC2)ncc1Cl. The lowest BCUT2D eigenvalue weighted by atomic mass is 9.88. The fourth-order valence-corrected chi connectivity index (χ4v) is 3.75. The lowest BCUT2D eigenvalue weighted by Gasteiger charge is -2.28. The molecule has 1 aliphatic carbocycles. The summed E-state index contributed by atoms with van der Waals surface area (Å²) in [6, 6.07) is 0. The summed E-state index contributed by atoms with van der Waals surface area (Å²) in [4.78, 5) is 23.1. The Bertz CT molecular complexity index is 592. The minimum atomic E-state index is -0.270. The van der Waals surface area contributed by atoms with Crippen molar-refractivity contribution in [1.82, 2.24) is 15.3 Å². The van der Waals surface area contributed by atoms with E-state index in [1.807, 2.05) is 0 Å². The molecule has 138 valence electrons. The van der Waals surface area contributed by atoms with Crippen LogP contribution in [0.5, 0.6) is 0 Å². The van der Waals surface area contributed by atoms with Crippen LogP contribution in [0.15, 0.2) is 6.20 Å². The average molecular weight is 367 g/mol. The molecular weight excluding hydrogens is 340 g/mol. The van der Waals surface area contributed by atoms with Crippen molar-refractivity contribution in [3.63, 3.8) is 0 Å². The fraction of sp³-hybridized carbons (Fsp3) is 0.722. The van der Waals surface area contributed by atoms with Crippen molar-refractivity contribution in [3.05, 3.63) is 16.9 Å². The molecule has 1 aromatic rings. The number of carbonyl (C=O) groups excluding carboxylic acids is 1. The van der Waals surface area contributed by atoms with E-state index in [-0.39, 0.29) is 16.6 Å². The molecule has 1 aromatic heterocycles. The third kappa shape index (κ3) is 4.82. The van der Waals surface area contributed by atoms with E-state index in [0.717, 1.165) is 32.4 Å². The van der Waals surface area contributed by atoms with Gasteiger partial charge in [-0.25, -0.2) is 9.97 Å². The Morgan fingerprint density at radius 3 is 2.84 bits per heavy atom. The number of hydrogen-bond acceptors (Lipinski definition) is 5. The molecule has 2 fully saturated rings. The van der Waals surface area contributed by atoms with Gasteiger partial charge >= 0.3 is 0 Å². The molecule has 1 amide bonds. The molecule has 2 heterocycles. The molecule has 0 aromatic carbocycles. The van der Waals surface area contributed by atoms with Crippen LogP contribution in [0.25, 0.3) is 0 Å². The number of hydrogen-bond donors (Lipinski definition) is 1. The molecule has 1 saturated heterocycles. The van der Waals surface area contributed by atoms with Crippen LogP contribution in [0.2, 0.25) is 5.02 Å². The van der Waals surface area contributed by atoms with Crippen LogP contribution >= 0.6 is 11.6 Å². The van der Waals surface area contributed by atoms with Crippen molar-refractivity contribution in [2.24, 2.45) is 5.92 Å². The first-order valence-electron chi connectivity index (χ1n) is 9.32. The highest BCUT2D eigenvalue weighted by molar-refractivity contribution is 6.33. The first kappa shape index (κ1) is 18.4. The Labute approximate surface area is 154 Å². The normalized spacial score (nSPS) is 23.7.